The molecule has 0 radical (unpaired) electrons. The molecule has 0 unspecified atom stereocenters. The second-order valence-electron chi connectivity index (χ2n) is 11.2. The summed E-state index contributed by atoms with van der Waals surface area (Å²) in [5.74, 6) is 1.40. The van der Waals surface area contributed by atoms with Crippen LogP contribution in [0.15, 0.2) is 45.2 Å². The third-order valence-corrected chi connectivity index (χ3v) is 7.54. The van der Waals surface area contributed by atoms with Gasteiger partial charge in [-0.15, -0.1) is 6.42 Å². The van der Waals surface area contributed by atoms with Crippen molar-refractivity contribution >= 4 is 33.5 Å². The molecule has 1 aliphatic heterocycles. The molecule has 0 atom stereocenters. The van der Waals surface area contributed by atoms with Gasteiger partial charge in [-0.1, -0.05) is 39.7 Å². The first-order valence-corrected chi connectivity index (χ1v) is 12.5. The first-order valence-electron chi connectivity index (χ1n) is 11.7. The number of hydrogen-bond donors (Lipinski definition) is 1. The highest BCUT2D eigenvalue weighted by Crippen LogP contribution is 2.54. The van der Waals surface area contributed by atoms with Gasteiger partial charge >= 0.3 is 5.97 Å². The predicted octanol–water partition coefficient (Wildman–Crippen LogP) is 5.23. The number of ether oxygens (including phenoxy) is 1. The van der Waals surface area contributed by atoms with E-state index in [2.05, 4.69) is 21.9 Å². The van der Waals surface area contributed by atoms with Crippen LogP contribution in [0.4, 0.5) is 0 Å². The second kappa shape index (κ2) is 8.98. The molecule has 184 valence electrons. The third-order valence-electron chi connectivity index (χ3n) is 6.92. The smallest absolute Gasteiger partial charge is 0.323 e. The lowest BCUT2D eigenvalue weighted by atomic mass is 9.63. The Morgan fingerprint density at radius 1 is 1.09 bits per heavy atom. The maximum absolute atomic E-state index is 13.6. The van der Waals surface area contributed by atoms with E-state index in [1.54, 1.807) is 11.0 Å². The molecule has 1 N–H and O–H groups in total. The van der Waals surface area contributed by atoms with Gasteiger partial charge in [0.25, 0.3) is 0 Å². The maximum atomic E-state index is 13.6. The molecule has 7 heteroatoms. The zero-order chi connectivity index (χ0) is 25.7. The van der Waals surface area contributed by atoms with Crippen LogP contribution in [0.5, 0.6) is 5.75 Å². The van der Waals surface area contributed by atoms with Crippen molar-refractivity contribution in [1.29, 1.82) is 0 Å². The molecule has 2 aliphatic carbocycles. The van der Waals surface area contributed by atoms with Crippen LogP contribution in [-0.2, 0) is 14.4 Å². The van der Waals surface area contributed by atoms with Gasteiger partial charge in [-0.2, -0.15) is 0 Å². The zero-order valence-corrected chi connectivity index (χ0v) is 22.1. The molecule has 0 fully saturated rings. The third kappa shape index (κ3) is 4.81. The molecular formula is C28H30BrNO5. The van der Waals surface area contributed by atoms with Gasteiger partial charge in [-0.3, -0.25) is 14.4 Å². The SMILES string of the molecule is C#CCOc1ccc(C2C3=C(CC(C)(C)CC3=O)N(CC(=O)O)C3=C2C(=O)CC(C)(C)C3)cc1Br. The molecule has 0 amide bonds. The minimum atomic E-state index is -0.994. The van der Waals surface area contributed by atoms with Crippen molar-refractivity contribution in [2.75, 3.05) is 13.2 Å². The number of halogens is 1. The standard InChI is InChI=1S/C28H30BrNO5/c1-6-9-35-22-8-7-16(10-17(22)29)24-25-18(11-27(2,3)13-20(25)31)30(15-23(33)34)19-12-28(4,5)14-21(32)26(19)24/h1,7-8,10,24H,9,11-15H2,2-5H3,(H,33,34). The number of Topliss-reactive ketones (excluding diaryl/α,β-unsaturated/α-hetero) is 2. The van der Waals surface area contributed by atoms with Crippen molar-refractivity contribution in [1.82, 2.24) is 4.90 Å². The van der Waals surface area contributed by atoms with Crippen LogP contribution in [-0.4, -0.2) is 40.7 Å². The van der Waals surface area contributed by atoms with E-state index in [0.717, 1.165) is 17.0 Å². The number of aliphatic carboxylic acids is 1. The van der Waals surface area contributed by atoms with E-state index in [0.29, 0.717) is 47.1 Å². The summed E-state index contributed by atoms with van der Waals surface area (Å²) in [6.07, 6.45) is 7.13. The van der Waals surface area contributed by atoms with Crippen LogP contribution in [0.1, 0.15) is 64.9 Å². The van der Waals surface area contributed by atoms with Gasteiger partial charge in [0.2, 0.25) is 0 Å². The Labute approximate surface area is 214 Å². The number of rotatable bonds is 5. The summed E-state index contributed by atoms with van der Waals surface area (Å²) in [5, 5.41) is 9.77. The van der Waals surface area contributed by atoms with E-state index in [4.69, 9.17) is 11.2 Å². The van der Waals surface area contributed by atoms with E-state index in [9.17, 15) is 19.5 Å². The van der Waals surface area contributed by atoms with E-state index in [-0.39, 0.29) is 35.5 Å². The normalized spacial score (nSPS) is 21.4. The average molecular weight is 540 g/mol. The van der Waals surface area contributed by atoms with Crippen LogP contribution >= 0.6 is 15.9 Å². The highest BCUT2D eigenvalue weighted by molar-refractivity contribution is 9.10. The van der Waals surface area contributed by atoms with Crippen molar-refractivity contribution in [3.05, 3.63) is 50.8 Å². The van der Waals surface area contributed by atoms with Gasteiger partial charge in [-0.25, -0.2) is 0 Å². The van der Waals surface area contributed by atoms with E-state index in [1.165, 1.54) is 0 Å². The molecule has 4 rings (SSSR count). The number of nitrogens with zero attached hydrogens (tertiary/aromatic N) is 1. The highest BCUT2D eigenvalue weighted by atomic mass is 79.9. The molecule has 0 spiro atoms. The minimum Gasteiger partial charge on any atom is -0.480 e. The van der Waals surface area contributed by atoms with Gasteiger partial charge < -0.3 is 14.7 Å². The minimum absolute atomic E-state index is 0.0374. The quantitative estimate of drug-likeness (QED) is 0.515. The number of ketones is 2. The Kier molecular flexibility index (Phi) is 6.48. The molecule has 1 aromatic carbocycles. The number of carboxylic acid groups (broad SMARTS) is 1. The Balaban J connectivity index is 1.96. The summed E-state index contributed by atoms with van der Waals surface area (Å²) in [5.41, 5.74) is 2.72. The fourth-order valence-corrected chi connectivity index (χ4v) is 6.15. The number of benzene rings is 1. The predicted molar refractivity (Wildman–Crippen MR) is 136 cm³/mol. The van der Waals surface area contributed by atoms with E-state index >= 15 is 0 Å². The monoisotopic (exact) mass is 539 g/mol. The number of carbonyl (C=O) groups is 3. The fourth-order valence-electron chi connectivity index (χ4n) is 5.64. The molecule has 1 aromatic rings. The van der Waals surface area contributed by atoms with E-state index in [1.807, 2.05) is 39.8 Å². The maximum Gasteiger partial charge on any atom is 0.323 e. The Bertz CT molecular complexity index is 1180. The van der Waals surface area contributed by atoms with Gasteiger partial charge in [-0.05, 0) is 57.3 Å². The fraction of sp³-hybridized carbons (Fsp3) is 0.464. The van der Waals surface area contributed by atoms with Crippen molar-refractivity contribution in [3.63, 3.8) is 0 Å². The van der Waals surface area contributed by atoms with Crippen LogP contribution < -0.4 is 4.74 Å². The number of allylic oxidation sites excluding steroid dienone is 4. The first kappa shape index (κ1) is 25.2. The van der Waals surface area contributed by atoms with E-state index < -0.39 is 11.9 Å². The van der Waals surface area contributed by atoms with Crippen molar-refractivity contribution in [3.8, 4) is 18.1 Å². The Morgan fingerprint density at radius 2 is 1.63 bits per heavy atom. The second-order valence-corrected chi connectivity index (χ2v) is 12.1. The van der Waals surface area contributed by atoms with Crippen LogP contribution in [0.2, 0.25) is 0 Å². The van der Waals surface area contributed by atoms with Crippen molar-refractivity contribution in [2.24, 2.45) is 10.8 Å². The summed E-state index contributed by atoms with van der Waals surface area (Å²) in [7, 11) is 0. The highest BCUT2D eigenvalue weighted by Gasteiger charge is 2.49. The molecular weight excluding hydrogens is 510 g/mol. The summed E-state index contributed by atoms with van der Waals surface area (Å²) in [4.78, 5) is 41.0. The Morgan fingerprint density at radius 3 is 2.09 bits per heavy atom. The van der Waals surface area contributed by atoms with Crippen molar-refractivity contribution < 1.29 is 24.2 Å². The number of carboxylic acids is 1. The molecule has 35 heavy (non-hydrogen) atoms. The summed E-state index contributed by atoms with van der Waals surface area (Å²) in [6, 6.07) is 5.53. The van der Waals surface area contributed by atoms with Crippen LogP contribution in [0, 0.1) is 23.2 Å². The van der Waals surface area contributed by atoms with Gasteiger partial charge in [0.15, 0.2) is 11.6 Å². The lowest BCUT2D eigenvalue weighted by Gasteiger charge is -2.48. The van der Waals surface area contributed by atoms with Gasteiger partial charge in [0.1, 0.15) is 18.9 Å². The van der Waals surface area contributed by atoms with Crippen LogP contribution in [0.25, 0.3) is 0 Å². The molecule has 0 bridgehead atoms. The summed E-state index contributed by atoms with van der Waals surface area (Å²) in [6.45, 7) is 7.94. The average Bonchev–Trinajstić information content (AvgIpc) is 2.72. The summed E-state index contributed by atoms with van der Waals surface area (Å²) < 4.78 is 6.26. The first-order chi connectivity index (χ1) is 16.3. The lowest BCUT2D eigenvalue weighted by Crippen LogP contribution is -2.45. The zero-order valence-electron chi connectivity index (χ0n) is 20.5. The molecule has 3 aliphatic rings. The summed E-state index contributed by atoms with van der Waals surface area (Å²) >= 11 is 3.55. The largest absolute Gasteiger partial charge is 0.480 e. The van der Waals surface area contributed by atoms with Crippen molar-refractivity contribution in [2.45, 2.75) is 59.3 Å². The molecule has 0 saturated heterocycles. The molecule has 0 saturated carbocycles. The molecule has 6 nitrogen and oxygen atoms in total. The lowest BCUT2D eigenvalue weighted by molar-refractivity contribution is -0.138. The molecule has 1 heterocycles. The van der Waals surface area contributed by atoms with Crippen LogP contribution in [0.3, 0.4) is 0 Å². The number of terminal acetylenes is 1. The Hall–Kier alpha value is -2.85. The van der Waals surface area contributed by atoms with Gasteiger partial charge in [0.05, 0.1) is 4.47 Å². The topological polar surface area (TPSA) is 83.9 Å². The number of hydrogen-bond acceptors (Lipinski definition) is 5. The molecule has 0 aromatic heterocycles. The number of carbonyl (C=O) groups excluding carboxylic acids is 2. The van der Waals surface area contributed by atoms with Gasteiger partial charge in [0, 0.05) is 41.3 Å².